The Hall–Kier alpha value is -1.80. The topological polar surface area (TPSA) is 80.5 Å². The number of ether oxygens (including phenoxy) is 1. The summed E-state index contributed by atoms with van der Waals surface area (Å²) in [6.45, 7) is 4.67. The molecule has 2 aliphatic heterocycles. The van der Waals surface area contributed by atoms with E-state index in [-0.39, 0.29) is 24.1 Å². The molecule has 4 rings (SSSR count). The van der Waals surface area contributed by atoms with Crippen LogP contribution in [-0.2, 0) is 11.2 Å². The number of amides is 1. The van der Waals surface area contributed by atoms with Crippen LogP contribution in [0.1, 0.15) is 40.4 Å². The molecule has 3 heterocycles. The van der Waals surface area contributed by atoms with Gasteiger partial charge in [0.25, 0.3) is 5.91 Å². The molecule has 0 saturated carbocycles. The molecular formula is C20H26N4O2S. The third kappa shape index (κ3) is 4.38. The average molecular weight is 387 g/mol. The van der Waals surface area contributed by atoms with Crippen molar-refractivity contribution in [1.29, 1.82) is 0 Å². The molecule has 0 radical (unpaired) electrons. The minimum Gasteiger partial charge on any atom is -0.376 e. The minimum atomic E-state index is -0.196. The van der Waals surface area contributed by atoms with Crippen molar-refractivity contribution in [1.82, 2.24) is 15.2 Å². The molecule has 2 saturated heterocycles. The second-order valence-corrected chi connectivity index (χ2v) is 8.41. The Labute approximate surface area is 163 Å². The normalized spacial score (nSPS) is 26.5. The highest BCUT2D eigenvalue weighted by molar-refractivity contribution is 7.09. The van der Waals surface area contributed by atoms with Gasteiger partial charge in [-0.2, -0.15) is 0 Å². The summed E-state index contributed by atoms with van der Waals surface area (Å²) in [7, 11) is 0. The molecule has 6 nitrogen and oxygen atoms in total. The van der Waals surface area contributed by atoms with E-state index in [4.69, 9.17) is 10.5 Å². The zero-order valence-corrected chi connectivity index (χ0v) is 16.3. The van der Waals surface area contributed by atoms with Gasteiger partial charge in [0.05, 0.1) is 18.8 Å². The molecule has 1 amide bonds. The largest absolute Gasteiger partial charge is 0.376 e. The summed E-state index contributed by atoms with van der Waals surface area (Å²) < 4.78 is 5.73. The molecule has 0 bridgehead atoms. The van der Waals surface area contributed by atoms with Crippen LogP contribution >= 0.6 is 11.3 Å². The van der Waals surface area contributed by atoms with E-state index in [1.807, 2.05) is 23.6 Å². The van der Waals surface area contributed by atoms with Gasteiger partial charge in [-0.1, -0.05) is 30.3 Å². The smallest absolute Gasteiger partial charge is 0.271 e. The van der Waals surface area contributed by atoms with Crippen molar-refractivity contribution >= 4 is 17.2 Å². The number of nitrogens with two attached hydrogens (primary N) is 1. The zero-order chi connectivity index (χ0) is 18.8. The Morgan fingerprint density at radius 3 is 3.04 bits per heavy atom. The number of carbonyl (C=O) groups is 1. The first-order valence-electron chi connectivity index (χ1n) is 9.50. The van der Waals surface area contributed by atoms with Crippen LogP contribution < -0.4 is 11.1 Å². The first-order chi connectivity index (χ1) is 13.1. The molecule has 0 unspecified atom stereocenters. The van der Waals surface area contributed by atoms with Crippen LogP contribution in [0.3, 0.4) is 0 Å². The van der Waals surface area contributed by atoms with E-state index < -0.39 is 0 Å². The highest BCUT2D eigenvalue weighted by Gasteiger charge is 2.37. The van der Waals surface area contributed by atoms with Crippen LogP contribution in [0, 0.1) is 0 Å². The van der Waals surface area contributed by atoms with Gasteiger partial charge in [-0.05, 0) is 25.3 Å². The van der Waals surface area contributed by atoms with Gasteiger partial charge in [0.15, 0.2) is 0 Å². The number of rotatable bonds is 5. The molecule has 2 aromatic rings. The number of carbonyl (C=O) groups excluding carboxylic acids is 1. The van der Waals surface area contributed by atoms with Gasteiger partial charge in [-0.25, -0.2) is 4.98 Å². The monoisotopic (exact) mass is 386 g/mol. The van der Waals surface area contributed by atoms with E-state index in [0.29, 0.717) is 18.2 Å². The Morgan fingerprint density at radius 1 is 1.41 bits per heavy atom. The lowest BCUT2D eigenvalue weighted by Gasteiger charge is -2.33. The maximum Gasteiger partial charge on any atom is 0.271 e. The molecule has 3 N–H and O–H groups in total. The zero-order valence-electron chi connectivity index (χ0n) is 15.5. The molecule has 0 spiro atoms. The lowest BCUT2D eigenvalue weighted by atomic mass is 10.1. The van der Waals surface area contributed by atoms with Crippen LogP contribution in [-0.4, -0.2) is 53.7 Å². The molecule has 4 atom stereocenters. The average Bonchev–Trinajstić information content (AvgIpc) is 3.29. The molecule has 7 heteroatoms. The van der Waals surface area contributed by atoms with Crippen molar-refractivity contribution in [3.63, 3.8) is 0 Å². The number of morpholine rings is 1. The van der Waals surface area contributed by atoms with Gasteiger partial charge in [-0.15, -0.1) is 11.3 Å². The fraction of sp³-hybridized carbons (Fsp3) is 0.500. The van der Waals surface area contributed by atoms with Crippen molar-refractivity contribution in [2.45, 2.75) is 44.0 Å². The fourth-order valence-electron chi connectivity index (χ4n) is 3.92. The van der Waals surface area contributed by atoms with Crippen LogP contribution in [0.15, 0.2) is 35.7 Å². The Balaban J connectivity index is 1.33. The second-order valence-electron chi connectivity index (χ2n) is 7.52. The predicted molar refractivity (Wildman–Crippen MR) is 106 cm³/mol. The number of hydrogen-bond acceptors (Lipinski definition) is 6. The van der Waals surface area contributed by atoms with Gasteiger partial charge >= 0.3 is 0 Å². The van der Waals surface area contributed by atoms with Crippen molar-refractivity contribution < 1.29 is 9.53 Å². The molecule has 1 aromatic heterocycles. The fourth-order valence-corrected chi connectivity index (χ4v) is 4.72. The first-order valence-corrected chi connectivity index (χ1v) is 10.4. The van der Waals surface area contributed by atoms with Gasteiger partial charge in [0.1, 0.15) is 10.7 Å². The summed E-state index contributed by atoms with van der Waals surface area (Å²) in [5, 5.41) is 5.75. The van der Waals surface area contributed by atoms with E-state index in [9.17, 15) is 4.79 Å². The van der Waals surface area contributed by atoms with Crippen LogP contribution in [0.25, 0.3) is 0 Å². The highest BCUT2D eigenvalue weighted by Crippen LogP contribution is 2.24. The molecular weight excluding hydrogens is 360 g/mol. The van der Waals surface area contributed by atoms with Gasteiger partial charge in [0.2, 0.25) is 0 Å². The number of nitrogens with zero attached hydrogens (tertiary/aromatic N) is 2. The number of nitrogens with one attached hydrogen (secondary N) is 1. The quantitative estimate of drug-likeness (QED) is 0.821. The van der Waals surface area contributed by atoms with Crippen LogP contribution in [0.2, 0.25) is 0 Å². The lowest BCUT2D eigenvalue weighted by Crippen LogP contribution is -2.45. The number of thiazole rings is 1. The summed E-state index contributed by atoms with van der Waals surface area (Å²) in [5.74, 6) is -0.108. The SMILES string of the molecule is C[C@H]1CN2C[C@@H](NC(=O)c3csc([C@@H](N)Cc4ccccc4)n3)C[C@H]2CO1. The molecule has 144 valence electrons. The van der Waals surface area contributed by atoms with E-state index >= 15 is 0 Å². The van der Waals surface area contributed by atoms with E-state index in [1.54, 1.807) is 0 Å². The predicted octanol–water partition coefficient (Wildman–Crippen LogP) is 1.98. The van der Waals surface area contributed by atoms with Crippen molar-refractivity contribution in [3.8, 4) is 0 Å². The maximum absolute atomic E-state index is 12.6. The Kier molecular flexibility index (Phi) is 5.54. The third-order valence-corrected chi connectivity index (χ3v) is 6.27. The standard InChI is InChI=1S/C20H26N4O2S/c1-13-9-24-10-15(8-16(24)11-26-13)22-19(25)18-12-27-20(23-18)17(21)7-14-5-3-2-4-6-14/h2-6,12-13,15-17H,7-11,21H2,1H3,(H,22,25)/t13-,15-,16-,17-/m0/s1. The van der Waals surface area contributed by atoms with Gasteiger partial charge in [0, 0.05) is 30.6 Å². The highest BCUT2D eigenvalue weighted by atomic mass is 32.1. The minimum absolute atomic E-state index is 0.108. The molecule has 1 aromatic carbocycles. The molecule has 2 aliphatic rings. The maximum atomic E-state index is 12.6. The number of benzene rings is 1. The Bertz CT molecular complexity index is 781. The third-order valence-electron chi connectivity index (χ3n) is 5.30. The van der Waals surface area contributed by atoms with Gasteiger partial charge < -0.3 is 15.8 Å². The van der Waals surface area contributed by atoms with Crippen LogP contribution in [0.5, 0.6) is 0 Å². The summed E-state index contributed by atoms with van der Waals surface area (Å²) in [6.07, 6.45) is 1.92. The number of aromatic nitrogens is 1. The van der Waals surface area contributed by atoms with Crippen LogP contribution in [0.4, 0.5) is 0 Å². The van der Waals surface area contributed by atoms with Crippen molar-refractivity contribution in [3.05, 3.63) is 52.0 Å². The molecule has 27 heavy (non-hydrogen) atoms. The number of fused-ring (bicyclic) bond motifs is 1. The summed E-state index contributed by atoms with van der Waals surface area (Å²) in [5.41, 5.74) is 7.93. The van der Waals surface area contributed by atoms with E-state index in [2.05, 4.69) is 34.3 Å². The second kappa shape index (κ2) is 8.06. The lowest BCUT2D eigenvalue weighted by molar-refractivity contribution is -0.0390. The molecule has 0 aliphatic carbocycles. The summed E-state index contributed by atoms with van der Waals surface area (Å²) >= 11 is 1.46. The van der Waals surface area contributed by atoms with E-state index in [1.165, 1.54) is 16.9 Å². The molecule has 2 fully saturated rings. The Morgan fingerprint density at radius 2 is 2.22 bits per heavy atom. The van der Waals surface area contributed by atoms with Crippen molar-refractivity contribution in [2.24, 2.45) is 5.73 Å². The van der Waals surface area contributed by atoms with Gasteiger partial charge in [-0.3, -0.25) is 9.69 Å². The first kappa shape index (κ1) is 18.6. The van der Waals surface area contributed by atoms with E-state index in [0.717, 1.165) is 31.1 Å². The summed E-state index contributed by atoms with van der Waals surface area (Å²) in [6, 6.07) is 10.5. The summed E-state index contributed by atoms with van der Waals surface area (Å²) in [4.78, 5) is 19.5. The number of hydrogen-bond donors (Lipinski definition) is 2. The van der Waals surface area contributed by atoms with Crippen molar-refractivity contribution in [2.75, 3.05) is 19.7 Å².